The summed E-state index contributed by atoms with van der Waals surface area (Å²) < 4.78 is 0. The second-order valence-electron chi connectivity index (χ2n) is 5.54. The van der Waals surface area contributed by atoms with Crippen LogP contribution in [0.15, 0.2) is 54.9 Å². The lowest BCUT2D eigenvalue weighted by Gasteiger charge is -2.08. The summed E-state index contributed by atoms with van der Waals surface area (Å²) in [5.74, 6) is 1.75. The SMILES string of the molecule is Cc1ccnc(Nc2ccc(NCCNC(=O)c3ccccn3)nn2)c1. The van der Waals surface area contributed by atoms with Crippen LogP contribution in [0.25, 0.3) is 0 Å². The number of amides is 1. The number of rotatable bonds is 7. The molecule has 0 spiro atoms. The largest absolute Gasteiger partial charge is 0.367 e. The second-order valence-corrected chi connectivity index (χ2v) is 5.54. The number of pyridine rings is 2. The number of anilines is 3. The second kappa shape index (κ2) is 8.52. The van der Waals surface area contributed by atoms with Gasteiger partial charge in [0.1, 0.15) is 17.3 Å². The van der Waals surface area contributed by atoms with E-state index in [0.29, 0.717) is 30.4 Å². The molecule has 3 heterocycles. The summed E-state index contributed by atoms with van der Waals surface area (Å²) in [7, 11) is 0. The average molecular weight is 349 g/mol. The number of carbonyl (C=O) groups is 1. The third-order valence-corrected chi connectivity index (χ3v) is 3.45. The highest BCUT2D eigenvalue weighted by molar-refractivity contribution is 5.92. The molecular weight excluding hydrogens is 330 g/mol. The minimum Gasteiger partial charge on any atom is -0.367 e. The molecule has 8 heteroatoms. The van der Waals surface area contributed by atoms with E-state index in [1.54, 1.807) is 30.6 Å². The van der Waals surface area contributed by atoms with Crippen LogP contribution in [0.5, 0.6) is 0 Å². The zero-order chi connectivity index (χ0) is 18.2. The first kappa shape index (κ1) is 17.3. The first-order chi connectivity index (χ1) is 12.7. The first-order valence-corrected chi connectivity index (χ1v) is 8.17. The molecule has 3 aromatic heterocycles. The van der Waals surface area contributed by atoms with Crippen LogP contribution < -0.4 is 16.0 Å². The van der Waals surface area contributed by atoms with Crippen molar-refractivity contribution in [3.8, 4) is 0 Å². The molecule has 0 radical (unpaired) electrons. The summed E-state index contributed by atoms with van der Waals surface area (Å²) in [4.78, 5) is 20.1. The lowest BCUT2D eigenvalue weighted by Crippen LogP contribution is -2.29. The molecule has 1 amide bonds. The van der Waals surface area contributed by atoms with Crippen LogP contribution in [0.2, 0.25) is 0 Å². The molecule has 3 N–H and O–H groups in total. The van der Waals surface area contributed by atoms with E-state index in [4.69, 9.17) is 0 Å². The summed E-state index contributed by atoms with van der Waals surface area (Å²) in [5.41, 5.74) is 1.51. The molecule has 8 nitrogen and oxygen atoms in total. The molecule has 3 aromatic rings. The fraction of sp³-hybridized carbons (Fsp3) is 0.167. The Morgan fingerprint density at radius 1 is 0.923 bits per heavy atom. The van der Waals surface area contributed by atoms with E-state index in [0.717, 1.165) is 11.4 Å². The molecule has 0 aliphatic carbocycles. The Hall–Kier alpha value is -3.55. The quantitative estimate of drug-likeness (QED) is 0.561. The van der Waals surface area contributed by atoms with Crippen LogP contribution in [0.1, 0.15) is 16.1 Å². The van der Waals surface area contributed by atoms with Gasteiger partial charge < -0.3 is 16.0 Å². The van der Waals surface area contributed by atoms with Crippen LogP contribution in [-0.2, 0) is 0 Å². The Morgan fingerprint density at radius 3 is 2.50 bits per heavy atom. The van der Waals surface area contributed by atoms with Gasteiger partial charge in [-0.1, -0.05) is 6.07 Å². The van der Waals surface area contributed by atoms with Gasteiger partial charge in [-0.05, 0) is 48.9 Å². The predicted octanol–water partition coefficient (Wildman–Crippen LogP) is 2.16. The Labute approximate surface area is 151 Å². The highest BCUT2D eigenvalue weighted by Gasteiger charge is 2.05. The molecule has 0 unspecified atom stereocenters. The summed E-state index contributed by atoms with van der Waals surface area (Å²) in [5, 5.41) is 17.2. The molecular formula is C18H19N7O. The Morgan fingerprint density at radius 2 is 1.77 bits per heavy atom. The summed E-state index contributed by atoms with van der Waals surface area (Å²) in [6.45, 7) is 2.97. The van der Waals surface area contributed by atoms with Crippen LogP contribution in [0.3, 0.4) is 0 Å². The van der Waals surface area contributed by atoms with Crippen molar-refractivity contribution in [2.75, 3.05) is 23.7 Å². The molecule has 0 aromatic carbocycles. The number of hydrogen-bond acceptors (Lipinski definition) is 7. The van der Waals surface area contributed by atoms with Gasteiger partial charge in [-0.2, -0.15) is 0 Å². The molecule has 26 heavy (non-hydrogen) atoms. The monoisotopic (exact) mass is 349 g/mol. The maximum atomic E-state index is 11.9. The fourth-order valence-electron chi connectivity index (χ4n) is 2.18. The zero-order valence-corrected chi connectivity index (χ0v) is 14.3. The lowest BCUT2D eigenvalue weighted by atomic mass is 10.3. The van der Waals surface area contributed by atoms with Crippen molar-refractivity contribution >= 4 is 23.4 Å². The van der Waals surface area contributed by atoms with Gasteiger partial charge in [0, 0.05) is 25.5 Å². The van der Waals surface area contributed by atoms with Crippen LogP contribution in [0.4, 0.5) is 17.5 Å². The molecule has 0 atom stereocenters. The average Bonchev–Trinajstić information content (AvgIpc) is 2.67. The summed E-state index contributed by atoms with van der Waals surface area (Å²) >= 11 is 0. The number of nitrogens with zero attached hydrogens (tertiary/aromatic N) is 4. The number of hydrogen-bond donors (Lipinski definition) is 3. The van der Waals surface area contributed by atoms with Gasteiger partial charge >= 0.3 is 0 Å². The Balaban J connectivity index is 1.44. The lowest BCUT2D eigenvalue weighted by molar-refractivity contribution is 0.0950. The number of carbonyl (C=O) groups excluding carboxylic acids is 1. The molecule has 0 saturated heterocycles. The number of aromatic nitrogens is 4. The third kappa shape index (κ3) is 4.97. The standard InChI is InChI=1S/C18H19N7O/c1-13-7-9-20-17(12-13)23-16-6-5-15(24-25-16)21-10-11-22-18(26)14-4-2-3-8-19-14/h2-9,12H,10-11H2,1H3,(H,21,24)(H,22,26)(H,20,23,25). The smallest absolute Gasteiger partial charge is 0.269 e. The van der Waals surface area contributed by atoms with E-state index in [-0.39, 0.29) is 5.91 Å². The van der Waals surface area contributed by atoms with Crippen LogP contribution >= 0.6 is 0 Å². The highest BCUT2D eigenvalue weighted by Crippen LogP contribution is 2.13. The van der Waals surface area contributed by atoms with E-state index >= 15 is 0 Å². The topological polar surface area (TPSA) is 105 Å². The fourth-order valence-corrected chi connectivity index (χ4v) is 2.18. The maximum absolute atomic E-state index is 11.9. The van der Waals surface area contributed by atoms with E-state index in [1.165, 1.54) is 0 Å². The van der Waals surface area contributed by atoms with Gasteiger partial charge in [-0.3, -0.25) is 9.78 Å². The van der Waals surface area contributed by atoms with Crippen molar-refractivity contribution in [1.82, 2.24) is 25.5 Å². The van der Waals surface area contributed by atoms with Crippen LogP contribution in [0, 0.1) is 6.92 Å². The van der Waals surface area contributed by atoms with Gasteiger partial charge in [-0.25, -0.2) is 4.98 Å². The molecule has 3 rings (SSSR count). The minimum atomic E-state index is -0.205. The third-order valence-electron chi connectivity index (χ3n) is 3.45. The van der Waals surface area contributed by atoms with Crippen molar-refractivity contribution in [2.24, 2.45) is 0 Å². The molecule has 0 aliphatic rings. The normalized spacial score (nSPS) is 10.2. The molecule has 0 bridgehead atoms. The Bertz CT molecular complexity index is 853. The van der Waals surface area contributed by atoms with Gasteiger partial charge in [0.25, 0.3) is 5.91 Å². The first-order valence-electron chi connectivity index (χ1n) is 8.17. The van der Waals surface area contributed by atoms with Gasteiger partial charge in [0.2, 0.25) is 0 Å². The number of aryl methyl sites for hydroxylation is 1. The van der Waals surface area contributed by atoms with E-state index < -0.39 is 0 Å². The van der Waals surface area contributed by atoms with Gasteiger partial charge in [0.15, 0.2) is 5.82 Å². The maximum Gasteiger partial charge on any atom is 0.269 e. The van der Waals surface area contributed by atoms with Gasteiger partial charge in [0.05, 0.1) is 0 Å². The summed E-state index contributed by atoms with van der Waals surface area (Å²) in [6, 6.07) is 12.7. The van der Waals surface area contributed by atoms with Crippen molar-refractivity contribution in [3.63, 3.8) is 0 Å². The number of nitrogens with one attached hydrogen (secondary N) is 3. The molecule has 0 saturated carbocycles. The van der Waals surface area contributed by atoms with Crippen molar-refractivity contribution in [3.05, 3.63) is 66.1 Å². The van der Waals surface area contributed by atoms with E-state index in [2.05, 4.69) is 36.1 Å². The van der Waals surface area contributed by atoms with Crippen molar-refractivity contribution < 1.29 is 4.79 Å². The van der Waals surface area contributed by atoms with E-state index in [1.807, 2.05) is 31.2 Å². The van der Waals surface area contributed by atoms with Gasteiger partial charge in [-0.15, -0.1) is 10.2 Å². The molecule has 132 valence electrons. The zero-order valence-electron chi connectivity index (χ0n) is 14.3. The van der Waals surface area contributed by atoms with E-state index in [9.17, 15) is 4.79 Å². The highest BCUT2D eigenvalue weighted by atomic mass is 16.1. The Kier molecular flexibility index (Phi) is 5.66. The van der Waals surface area contributed by atoms with Crippen molar-refractivity contribution in [2.45, 2.75) is 6.92 Å². The minimum absolute atomic E-state index is 0.205. The van der Waals surface area contributed by atoms with Crippen molar-refractivity contribution in [1.29, 1.82) is 0 Å². The van der Waals surface area contributed by atoms with Crippen LogP contribution in [-0.4, -0.2) is 39.2 Å². The summed E-state index contributed by atoms with van der Waals surface area (Å²) in [6.07, 6.45) is 3.32. The molecule has 0 fully saturated rings. The predicted molar refractivity (Wildman–Crippen MR) is 99.3 cm³/mol. The molecule has 0 aliphatic heterocycles.